The summed E-state index contributed by atoms with van der Waals surface area (Å²) in [5, 5.41) is 13.5. The Balaban J connectivity index is 2.24. The molecule has 6 heteroatoms. The van der Waals surface area contributed by atoms with E-state index < -0.39 is 4.92 Å². The summed E-state index contributed by atoms with van der Waals surface area (Å²) in [4.78, 5) is 22.4. The lowest BCUT2D eigenvalue weighted by Crippen LogP contribution is -2.12. The van der Waals surface area contributed by atoms with Gasteiger partial charge < -0.3 is 5.32 Å². The number of nitrogens with one attached hydrogen (secondary N) is 1. The Morgan fingerprint density at radius 1 is 1.25 bits per heavy atom. The lowest BCUT2D eigenvalue weighted by atomic mass is 10.1. The fraction of sp³-hybridized carbons (Fsp3) is 0.0714. The van der Waals surface area contributed by atoms with E-state index in [0.717, 1.165) is 4.47 Å². The van der Waals surface area contributed by atoms with Gasteiger partial charge in [0.15, 0.2) is 0 Å². The number of carbonyl (C=O) groups excluding carboxylic acids is 1. The number of nitro benzene ring substituents is 1. The highest BCUT2D eigenvalue weighted by Crippen LogP contribution is 2.23. The molecule has 2 aromatic carbocycles. The molecule has 0 aliphatic carbocycles. The van der Waals surface area contributed by atoms with Crippen LogP contribution >= 0.6 is 15.9 Å². The van der Waals surface area contributed by atoms with Crippen molar-refractivity contribution in [3.05, 3.63) is 68.2 Å². The normalized spacial score (nSPS) is 10.1. The van der Waals surface area contributed by atoms with Gasteiger partial charge >= 0.3 is 0 Å². The average molecular weight is 335 g/mol. The van der Waals surface area contributed by atoms with Crippen molar-refractivity contribution < 1.29 is 9.72 Å². The number of nitro groups is 1. The summed E-state index contributed by atoms with van der Waals surface area (Å²) in [6, 6.07) is 11.5. The zero-order valence-corrected chi connectivity index (χ0v) is 12.2. The third-order valence-electron chi connectivity index (χ3n) is 2.75. The predicted molar refractivity (Wildman–Crippen MR) is 79.9 cm³/mol. The van der Waals surface area contributed by atoms with E-state index in [2.05, 4.69) is 21.2 Å². The maximum absolute atomic E-state index is 12.0. The molecule has 20 heavy (non-hydrogen) atoms. The average Bonchev–Trinajstić information content (AvgIpc) is 2.40. The van der Waals surface area contributed by atoms with E-state index in [1.165, 1.54) is 6.07 Å². The fourth-order valence-electron chi connectivity index (χ4n) is 1.72. The highest BCUT2D eigenvalue weighted by Gasteiger charge is 2.13. The topological polar surface area (TPSA) is 72.2 Å². The Hall–Kier alpha value is -2.21. The molecular weight excluding hydrogens is 324 g/mol. The lowest BCUT2D eigenvalue weighted by molar-refractivity contribution is -0.385. The van der Waals surface area contributed by atoms with E-state index in [9.17, 15) is 14.9 Å². The summed E-state index contributed by atoms with van der Waals surface area (Å²) in [5.74, 6) is -0.315. The zero-order chi connectivity index (χ0) is 14.7. The molecule has 0 atom stereocenters. The van der Waals surface area contributed by atoms with Crippen molar-refractivity contribution in [2.24, 2.45) is 0 Å². The molecule has 0 heterocycles. The quantitative estimate of drug-likeness (QED) is 0.683. The highest BCUT2D eigenvalue weighted by molar-refractivity contribution is 9.10. The van der Waals surface area contributed by atoms with Crippen molar-refractivity contribution in [1.29, 1.82) is 0 Å². The van der Waals surface area contributed by atoms with Gasteiger partial charge in [-0.3, -0.25) is 14.9 Å². The number of rotatable bonds is 3. The third kappa shape index (κ3) is 3.21. The molecule has 0 saturated heterocycles. The summed E-state index contributed by atoms with van der Waals surface area (Å²) < 4.78 is 0.792. The van der Waals surface area contributed by atoms with Gasteiger partial charge in [0.1, 0.15) is 0 Å². The van der Waals surface area contributed by atoms with Crippen molar-refractivity contribution in [2.45, 2.75) is 6.92 Å². The number of nitrogens with zero attached hydrogens (tertiary/aromatic N) is 1. The molecule has 1 amide bonds. The van der Waals surface area contributed by atoms with Gasteiger partial charge in [-0.05, 0) is 31.2 Å². The molecule has 2 rings (SSSR count). The molecule has 1 N–H and O–H groups in total. The van der Waals surface area contributed by atoms with Gasteiger partial charge in [-0.2, -0.15) is 0 Å². The molecule has 0 bridgehead atoms. The molecule has 0 aliphatic heterocycles. The van der Waals surface area contributed by atoms with Crippen molar-refractivity contribution in [2.75, 3.05) is 5.32 Å². The summed E-state index contributed by atoms with van der Waals surface area (Å²) in [5.41, 5.74) is 1.40. The van der Waals surface area contributed by atoms with Crippen molar-refractivity contribution in [3.63, 3.8) is 0 Å². The van der Waals surface area contributed by atoms with Crippen LogP contribution in [0.3, 0.4) is 0 Å². The molecule has 0 saturated carbocycles. The highest BCUT2D eigenvalue weighted by atomic mass is 79.9. The number of carbonyl (C=O) groups is 1. The molecule has 0 aliphatic rings. The molecule has 0 fully saturated rings. The number of amides is 1. The first kappa shape index (κ1) is 14.2. The number of hydrogen-bond donors (Lipinski definition) is 1. The van der Waals surface area contributed by atoms with Crippen LogP contribution in [0.25, 0.3) is 0 Å². The molecule has 0 unspecified atom stereocenters. The van der Waals surface area contributed by atoms with Gasteiger partial charge in [-0.25, -0.2) is 0 Å². The van der Waals surface area contributed by atoms with Crippen LogP contribution in [0.15, 0.2) is 46.9 Å². The summed E-state index contributed by atoms with van der Waals surface area (Å²) in [6.45, 7) is 1.65. The number of aryl methyl sites for hydroxylation is 1. The molecule has 102 valence electrons. The summed E-state index contributed by atoms with van der Waals surface area (Å²) >= 11 is 3.29. The van der Waals surface area contributed by atoms with Crippen LogP contribution in [-0.4, -0.2) is 10.8 Å². The first-order valence-corrected chi connectivity index (χ1v) is 6.58. The molecule has 0 aromatic heterocycles. The first-order valence-electron chi connectivity index (χ1n) is 5.79. The third-order valence-corrected chi connectivity index (χ3v) is 3.24. The van der Waals surface area contributed by atoms with Gasteiger partial charge in [0.25, 0.3) is 11.6 Å². The smallest absolute Gasteiger partial charge is 0.274 e. The van der Waals surface area contributed by atoms with Crippen molar-refractivity contribution in [3.8, 4) is 0 Å². The second-order valence-corrected chi connectivity index (χ2v) is 5.14. The second-order valence-electron chi connectivity index (χ2n) is 4.22. The molecule has 2 aromatic rings. The monoisotopic (exact) mass is 334 g/mol. The standard InChI is InChI=1S/C14H11BrN2O3/c1-9-5-6-12(8-13(9)17(19)20)16-14(18)10-3-2-4-11(15)7-10/h2-8H,1H3,(H,16,18). The Labute approximate surface area is 123 Å². The zero-order valence-electron chi connectivity index (χ0n) is 10.6. The Morgan fingerprint density at radius 3 is 2.65 bits per heavy atom. The van der Waals surface area contributed by atoms with Crippen LogP contribution in [0.2, 0.25) is 0 Å². The van der Waals surface area contributed by atoms with E-state index in [0.29, 0.717) is 16.8 Å². The van der Waals surface area contributed by atoms with E-state index in [4.69, 9.17) is 0 Å². The van der Waals surface area contributed by atoms with Crippen LogP contribution in [0.1, 0.15) is 15.9 Å². The SMILES string of the molecule is Cc1ccc(NC(=O)c2cccc(Br)c2)cc1[N+](=O)[O-]. The molecule has 0 radical (unpaired) electrons. The van der Waals surface area contributed by atoms with Crippen LogP contribution in [0.5, 0.6) is 0 Å². The van der Waals surface area contributed by atoms with Gasteiger partial charge in [-0.1, -0.05) is 28.1 Å². The van der Waals surface area contributed by atoms with Crippen molar-refractivity contribution >= 4 is 33.2 Å². The maximum atomic E-state index is 12.0. The number of benzene rings is 2. The predicted octanol–water partition coefficient (Wildman–Crippen LogP) is 3.92. The van der Waals surface area contributed by atoms with Crippen LogP contribution < -0.4 is 5.32 Å². The summed E-state index contributed by atoms with van der Waals surface area (Å²) in [6.07, 6.45) is 0. The van der Waals surface area contributed by atoms with Crippen molar-refractivity contribution in [1.82, 2.24) is 0 Å². The van der Waals surface area contributed by atoms with Gasteiger partial charge in [0.2, 0.25) is 0 Å². The Bertz CT molecular complexity index is 686. The lowest BCUT2D eigenvalue weighted by Gasteiger charge is -2.06. The van der Waals surface area contributed by atoms with E-state index in [1.54, 1.807) is 37.3 Å². The van der Waals surface area contributed by atoms with Crippen LogP contribution in [-0.2, 0) is 0 Å². The number of anilines is 1. The minimum absolute atomic E-state index is 0.0166. The maximum Gasteiger partial charge on any atom is 0.274 e. The van der Waals surface area contributed by atoms with Crippen LogP contribution in [0.4, 0.5) is 11.4 Å². The Kier molecular flexibility index (Phi) is 4.14. The largest absolute Gasteiger partial charge is 0.322 e. The first-order chi connectivity index (χ1) is 9.47. The number of hydrogen-bond acceptors (Lipinski definition) is 3. The Morgan fingerprint density at radius 2 is 2.00 bits per heavy atom. The van der Waals surface area contributed by atoms with E-state index >= 15 is 0 Å². The van der Waals surface area contributed by atoms with E-state index in [-0.39, 0.29) is 11.6 Å². The fourth-order valence-corrected chi connectivity index (χ4v) is 2.12. The van der Waals surface area contributed by atoms with Gasteiger partial charge in [0, 0.05) is 27.4 Å². The molecular formula is C14H11BrN2O3. The minimum Gasteiger partial charge on any atom is -0.322 e. The second kappa shape index (κ2) is 5.83. The molecule has 0 spiro atoms. The van der Waals surface area contributed by atoms with E-state index in [1.807, 2.05) is 6.07 Å². The molecule has 5 nitrogen and oxygen atoms in total. The van der Waals surface area contributed by atoms with Gasteiger partial charge in [-0.15, -0.1) is 0 Å². The van der Waals surface area contributed by atoms with Gasteiger partial charge in [0.05, 0.1) is 4.92 Å². The summed E-state index contributed by atoms with van der Waals surface area (Å²) in [7, 11) is 0. The van der Waals surface area contributed by atoms with Crippen LogP contribution in [0, 0.1) is 17.0 Å². The minimum atomic E-state index is -0.468. The number of halogens is 1.